The van der Waals surface area contributed by atoms with E-state index in [9.17, 15) is 4.79 Å². The summed E-state index contributed by atoms with van der Waals surface area (Å²) in [5.74, 6) is 1.28. The number of hydrogen-bond acceptors (Lipinski definition) is 5. The second-order valence-electron chi connectivity index (χ2n) is 4.71. The van der Waals surface area contributed by atoms with Gasteiger partial charge in [0.1, 0.15) is 6.10 Å². The average molecular weight is 260 g/mol. The molecule has 0 amide bonds. The van der Waals surface area contributed by atoms with E-state index in [1.807, 2.05) is 0 Å². The Balaban J connectivity index is 1.49. The predicted molar refractivity (Wildman–Crippen MR) is 65.4 cm³/mol. The van der Waals surface area contributed by atoms with Gasteiger partial charge < -0.3 is 9.47 Å². The van der Waals surface area contributed by atoms with E-state index in [1.54, 1.807) is 0 Å². The average Bonchev–Trinajstić information content (AvgIpc) is 2.32. The van der Waals surface area contributed by atoms with Crippen molar-refractivity contribution in [2.24, 2.45) is 5.92 Å². The zero-order chi connectivity index (χ0) is 12.1. The fourth-order valence-electron chi connectivity index (χ4n) is 1.97. The zero-order valence-electron chi connectivity index (χ0n) is 10.2. The summed E-state index contributed by atoms with van der Waals surface area (Å²) in [4.78, 5) is 10.7. The van der Waals surface area contributed by atoms with Gasteiger partial charge >= 0.3 is 5.97 Å². The smallest absolute Gasteiger partial charge is 0.309 e. The molecule has 2 aliphatic rings. The first kappa shape index (κ1) is 13.2. The third-order valence-electron chi connectivity index (χ3n) is 3.26. The van der Waals surface area contributed by atoms with Crippen molar-refractivity contribution in [2.45, 2.75) is 51.4 Å². The Hall–Kier alpha value is -0.260. The number of cyclic esters (lactones) is 1. The molecule has 5 heteroatoms. The molecule has 2 fully saturated rings. The Morgan fingerprint density at radius 1 is 1.53 bits per heavy atom. The number of ether oxygens (including phenoxy) is 2. The molecule has 2 saturated heterocycles. The maximum absolute atomic E-state index is 10.7. The molecule has 98 valence electrons. The molecule has 0 aromatic rings. The van der Waals surface area contributed by atoms with Crippen LogP contribution in [0.5, 0.6) is 0 Å². The topological polar surface area (TPSA) is 44.8 Å². The zero-order valence-corrected chi connectivity index (χ0v) is 11.0. The van der Waals surface area contributed by atoms with Crippen molar-refractivity contribution in [1.82, 2.24) is 0 Å². The molecule has 0 N–H and O–H groups in total. The van der Waals surface area contributed by atoms with E-state index in [0.717, 1.165) is 31.6 Å². The number of rotatable bonds is 6. The molecule has 0 spiro atoms. The second kappa shape index (κ2) is 6.61. The summed E-state index contributed by atoms with van der Waals surface area (Å²) in [5.41, 5.74) is 0. The van der Waals surface area contributed by atoms with Crippen LogP contribution in [0.25, 0.3) is 0 Å². The van der Waals surface area contributed by atoms with Crippen molar-refractivity contribution in [1.29, 1.82) is 0 Å². The van der Waals surface area contributed by atoms with Gasteiger partial charge in [0.05, 0.1) is 6.42 Å². The molecule has 0 aromatic heterocycles. The van der Waals surface area contributed by atoms with Crippen molar-refractivity contribution in [3.63, 3.8) is 0 Å². The van der Waals surface area contributed by atoms with Crippen LogP contribution in [0.3, 0.4) is 0 Å². The van der Waals surface area contributed by atoms with Gasteiger partial charge in [0.25, 0.3) is 0 Å². The fraction of sp³-hybridized carbons (Fsp3) is 0.917. The van der Waals surface area contributed by atoms with E-state index < -0.39 is 0 Å². The van der Waals surface area contributed by atoms with Crippen LogP contribution in [0.15, 0.2) is 0 Å². The first-order chi connectivity index (χ1) is 8.25. The van der Waals surface area contributed by atoms with E-state index in [2.05, 4.69) is 6.92 Å². The van der Waals surface area contributed by atoms with E-state index in [4.69, 9.17) is 13.7 Å². The Bertz CT molecular complexity index is 245. The first-order valence-corrected chi connectivity index (χ1v) is 7.26. The van der Waals surface area contributed by atoms with Gasteiger partial charge in [-0.05, 0) is 43.6 Å². The maximum atomic E-state index is 10.7. The molecule has 3 atom stereocenters. The van der Waals surface area contributed by atoms with Crippen molar-refractivity contribution in [3.8, 4) is 0 Å². The quantitative estimate of drug-likeness (QED) is 0.417. The van der Waals surface area contributed by atoms with Crippen molar-refractivity contribution >= 4 is 18.0 Å². The van der Waals surface area contributed by atoms with Gasteiger partial charge in [-0.2, -0.15) is 0 Å². The minimum absolute atomic E-state index is 0.0226. The van der Waals surface area contributed by atoms with Gasteiger partial charge in [-0.1, -0.05) is 6.92 Å². The predicted octanol–water partition coefficient (Wildman–Crippen LogP) is 2.52. The lowest BCUT2D eigenvalue weighted by Gasteiger charge is -2.30. The third kappa shape index (κ3) is 4.16. The standard InChI is InChI=1S/C12H20O4S/c1-9(10-8-11(13)15-10)5-7-17-16-12-4-2-3-6-14-12/h9-10,12H,2-8H2,1H3. The summed E-state index contributed by atoms with van der Waals surface area (Å²) in [7, 11) is 0. The molecule has 0 aromatic carbocycles. The largest absolute Gasteiger partial charge is 0.461 e. The van der Waals surface area contributed by atoms with E-state index >= 15 is 0 Å². The monoisotopic (exact) mass is 260 g/mol. The minimum atomic E-state index is -0.0682. The van der Waals surface area contributed by atoms with E-state index in [-0.39, 0.29) is 18.4 Å². The van der Waals surface area contributed by atoms with Crippen molar-refractivity contribution in [3.05, 3.63) is 0 Å². The molecule has 0 radical (unpaired) electrons. The van der Waals surface area contributed by atoms with Gasteiger partial charge in [-0.3, -0.25) is 8.98 Å². The Morgan fingerprint density at radius 3 is 3.00 bits per heavy atom. The van der Waals surface area contributed by atoms with Crippen LogP contribution in [-0.2, 0) is 18.5 Å². The number of esters is 1. The second-order valence-corrected chi connectivity index (χ2v) is 5.55. The Morgan fingerprint density at radius 2 is 2.35 bits per heavy atom. The van der Waals surface area contributed by atoms with Crippen LogP contribution >= 0.6 is 12.0 Å². The molecular formula is C12H20O4S. The summed E-state index contributed by atoms with van der Waals surface area (Å²) in [5, 5.41) is 0. The summed E-state index contributed by atoms with van der Waals surface area (Å²) in [6, 6.07) is 0. The lowest BCUT2D eigenvalue weighted by Crippen LogP contribution is -2.38. The first-order valence-electron chi connectivity index (χ1n) is 6.35. The molecule has 2 aliphatic heterocycles. The lowest BCUT2D eigenvalue weighted by molar-refractivity contribution is -0.174. The highest BCUT2D eigenvalue weighted by molar-refractivity contribution is 7.94. The van der Waals surface area contributed by atoms with E-state index in [1.165, 1.54) is 18.5 Å². The minimum Gasteiger partial charge on any atom is -0.461 e. The fourth-order valence-corrected chi connectivity index (χ4v) is 2.84. The Kier molecular flexibility index (Phi) is 5.13. The molecular weight excluding hydrogens is 240 g/mol. The highest BCUT2D eigenvalue weighted by Crippen LogP contribution is 2.26. The van der Waals surface area contributed by atoms with Crippen molar-refractivity contribution in [2.75, 3.05) is 12.4 Å². The van der Waals surface area contributed by atoms with E-state index in [0.29, 0.717) is 12.3 Å². The number of carbonyl (C=O) groups excluding carboxylic acids is 1. The number of carbonyl (C=O) groups is 1. The van der Waals surface area contributed by atoms with Gasteiger partial charge in [0, 0.05) is 12.4 Å². The lowest BCUT2D eigenvalue weighted by atomic mass is 9.96. The molecule has 0 bridgehead atoms. The van der Waals surface area contributed by atoms with Crippen LogP contribution in [0, 0.1) is 5.92 Å². The van der Waals surface area contributed by atoms with Gasteiger partial charge in [0.15, 0.2) is 6.29 Å². The normalized spacial score (nSPS) is 30.5. The van der Waals surface area contributed by atoms with Crippen molar-refractivity contribution < 1.29 is 18.5 Å². The van der Waals surface area contributed by atoms with Crippen LogP contribution in [0.4, 0.5) is 0 Å². The summed E-state index contributed by atoms with van der Waals surface area (Å²) >= 11 is 1.48. The molecule has 0 aliphatic carbocycles. The summed E-state index contributed by atoms with van der Waals surface area (Å²) in [6.45, 7) is 2.94. The van der Waals surface area contributed by atoms with Crippen LogP contribution in [0.2, 0.25) is 0 Å². The third-order valence-corrected chi connectivity index (χ3v) is 4.01. The van der Waals surface area contributed by atoms with Crippen LogP contribution < -0.4 is 0 Å². The highest BCUT2D eigenvalue weighted by atomic mass is 32.2. The summed E-state index contributed by atoms with van der Waals surface area (Å²) < 4.78 is 16.1. The SMILES string of the molecule is CC(CCSOC1CCCCO1)C1CC(=O)O1. The van der Waals surface area contributed by atoms with Crippen LogP contribution in [-0.4, -0.2) is 30.7 Å². The highest BCUT2D eigenvalue weighted by Gasteiger charge is 2.32. The Labute approximate surface area is 107 Å². The molecule has 2 heterocycles. The molecule has 3 unspecified atom stereocenters. The molecule has 0 saturated carbocycles. The van der Waals surface area contributed by atoms with Crippen LogP contribution in [0.1, 0.15) is 39.0 Å². The van der Waals surface area contributed by atoms with Gasteiger partial charge in [0.2, 0.25) is 0 Å². The summed E-state index contributed by atoms with van der Waals surface area (Å²) in [6.07, 6.45) is 5.05. The van der Waals surface area contributed by atoms with Gasteiger partial charge in [-0.15, -0.1) is 0 Å². The molecule has 17 heavy (non-hydrogen) atoms. The molecule has 2 rings (SSSR count). The molecule has 4 nitrogen and oxygen atoms in total. The van der Waals surface area contributed by atoms with Gasteiger partial charge in [-0.25, -0.2) is 0 Å². The number of hydrogen-bond donors (Lipinski definition) is 0. The maximum Gasteiger partial charge on any atom is 0.309 e.